The molecule has 0 spiro atoms. The van der Waals surface area contributed by atoms with Crippen molar-refractivity contribution in [1.82, 2.24) is 0 Å². The third kappa shape index (κ3) is 30.2. The number of hydrogen-bond donors (Lipinski definition) is 1. The van der Waals surface area contributed by atoms with Gasteiger partial charge in [0.15, 0.2) is 49.9 Å². The Morgan fingerprint density at radius 2 is 0.838 bits per heavy atom. The number of thioether (sulfide) groups is 1. The van der Waals surface area contributed by atoms with E-state index in [9.17, 15) is 0 Å². The third-order valence-corrected chi connectivity index (χ3v) is 36.7. The normalized spacial score (nSPS) is 15.6. The summed E-state index contributed by atoms with van der Waals surface area (Å²) in [7, 11) is -12.0. The Balaban J connectivity index is 0.000000520. The van der Waals surface area contributed by atoms with Crippen LogP contribution in [0.3, 0.4) is 0 Å². The molecule has 0 fully saturated rings. The van der Waals surface area contributed by atoms with Gasteiger partial charge in [-0.3, -0.25) is 0 Å². The second-order valence-electron chi connectivity index (χ2n) is 23.6. The van der Waals surface area contributed by atoms with Gasteiger partial charge in [-0.1, -0.05) is 130 Å². The van der Waals surface area contributed by atoms with Crippen LogP contribution < -0.4 is 0 Å². The summed E-state index contributed by atoms with van der Waals surface area (Å²) in [5.41, 5.74) is 6.34. The molecule has 0 saturated carbocycles. The van der Waals surface area contributed by atoms with Gasteiger partial charge < -0.3 is 21.6 Å². The first kappa shape index (κ1) is 65.1. The van der Waals surface area contributed by atoms with Gasteiger partial charge in [0.2, 0.25) is 0 Å². The van der Waals surface area contributed by atoms with Gasteiger partial charge >= 0.3 is 8.56 Å². The van der Waals surface area contributed by atoms with Crippen molar-refractivity contribution in [1.29, 1.82) is 0 Å². The van der Waals surface area contributed by atoms with Gasteiger partial charge in [-0.05, 0) is 200 Å². The monoisotopic (exact) mass is 1070 g/mol. The lowest BCUT2D eigenvalue weighted by Gasteiger charge is -2.39. The van der Waals surface area contributed by atoms with E-state index >= 15 is 0 Å². The van der Waals surface area contributed by atoms with Crippen LogP contribution >= 0.6 is 11.8 Å². The van der Waals surface area contributed by atoms with Crippen molar-refractivity contribution in [2.75, 3.05) is 18.1 Å². The van der Waals surface area contributed by atoms with Crippen LogP contribution in [-0.4, -0.2) is 81.7 Å². The molecule has 68 heavy (non-hydrogen) atoms. The summed E-state index contributed by atoms with van der Waals surface area (Å²) in [6.07, 6.45) is 8.19. The van der Waals surface area contributed by atoms with Crippen LogP contribution in [0.25, 0.3) is 0 Å². The molecule has 0 bridgehead atoms. The maximum Gasteiger partial charge on any atom is 0.340 e. The molecular formula is C55H104O5SSi7. The molecule has 0 aliphatic heterocycles. The van der Waals surface area contributed by atoms with Gasteiger partial charge in [0.25, 0.3) is 0 Å². The molecule has 0 amide bonds. The van der Waals surface area contributed by atoms with E-state index in [1.165, 1.54) is 72.0 Å². The van der Waals surface area contributed by atoms with Crippen molar-refractivity contribution in [3.05, 3.63) is 120 Å². The fourth-order valence-electron chi connectivity index (χ4n) is 9.54. The van der Waals surface area contributed by atoms with Crippen molar-refractivity contribution in [3.63, 3.8) is 0 Å². The van der Waals surface area contributed by atoms with Crippen LogP contribution in [0.15, 0.2) is 103 Å². The number of aliphatic hydroxyl groups is 1. The first-order chi connectivity index (χ1) is 31.5. The van der Waals surface area contributed by atoms with Gasteiger partial charge in [0, 0.05) is 6.61 Å². The molecule has 5 atom stereocenters. The smallest absolute Gasteiger partial charge is 0.340 e. The average molecular weight is 1070 g/mol. The third-order valence-electron chi connectivity index (χ3n) is 11.9. The van der Waals surface area contributed by atoms with Crippen LogP contribution in [0.1, 0.15) is 100 Å². The summed E-state index contributed by atoms with van der Waals surface area (Å²) < 4.78 is 26.4. The highest BCUT2D eigenvalue weighted by molar-refractivity contribution is 7.99. The molecule has 0 aromatic heterocycles. The number of unbranched alkanes of at least 4 members (excludes halogenated alkanes) is 3. The lowest BCUT2D eigenvalue weighted by molar-refractivity contribution is 0.283. The van der Waals surface area contributed by atoms with E-state index in [1.807, 2.05) is 5.70 Å². The Labute approximate surface area is 432 Å². The highest BCUT2D eigenvalue weighted by atomic mass is 32.2. The molecule has 3 aromatic carbocycles. The minimum absolute atomic E-state index is 0.338. The SMILES string of the molecule is C=C[Si](C)(O[Si](C)(C)C)O[Si](C)(C)CC(CC)c1ccccc1.CCC(C[Si](C)(C)O[Si](C)(C)C)c1ccccc1.CCC(C[Si](C)(CCSCCCCCCO)O[Si](C)(C)C)c1ccccc1. The molecule has 13 heteroatoms. The summed E-state index contributed by atoms with van der Waals surface area (Å²) in [5.74, 6) is 4.33. The van der Waals surface area contributed by atoms with E-state index in [4.69, 9.17) is 21.6 Å². The highest BCUT2D eigenvalue weighted by Gasteiger charge is 2.41. The zero-order valence-electron chi connectivity index (χ0n) is 47.1. The molecule has 0 aliphatic rings. The lowest BCUT2D eigenvalue weighted by atomic mass is 9.99. The van der Waals surface area contributed by atoms with Crippen LogP contribution in [0.2, 0.25) is 122 Å². The van der Waals surface area contributed by atoms with Crippen molar-refractivity contribution in [2.24, 2.45) is 0 Å². The Hall–Kier alpha value is -0.932. The van der Waals surface area contributed by atoms with Crippen molar-refractivity contribution >= 4 is 70.2 Å². The number of hydrogen-bond acceptors (Lipinski definition) is 6. The summed E-state index contributed by atoms with van der Waals surface area (Å²) in [4.78, 5) is 0. The topological polar surface area (TPSA) is 57.2 Å². The molecule has 388 valence electrons. The fourth-order valence-corrected chi connectivity index (χ4v) is 42.1. The summed E-state index contributed by atoms with van der Waals surface area (Å²) in [5, 5.41) is 8.85. The zero-order chi connectivity index (χ0) is 51.7. The predicted octanol–water partition coefficient (Wildman–Crippen LogP) is 18.2. The molecule has 3 aromatic rings. The standard InChI is InChI=1S/C22H42O2SSi2.C18H34O2Si3.C15H28OSi2/c1-6-21(22-14-10-9-11-15-22)20-27(5,24-26(2,3)4)19-18-25-17-13-8-7-12-16-23;1-9-17(18-14-12-11-13-15-18)16-22(6,7)20-23(8,10-2)19-21(3,4)5;1-7-14(15-11-9-8-10-12-15)13-18(5,6)16-17(2,3)4/h9-11,14-15,21,23H,6-8,12-13,16-20H2,1-5H3;10-15,17H,2,9,16H2,1,3-8H3;8-12,14H,7,13H2,1-6H3. The second kappa shape index (κ2) is 31.6. The number of aliphatic hydroxyl groups excluding tert-OH is 1. The Kier molecular flexibility index (Phi) is 30.3. The van der Waals surface area contributed by atoms with E-state index in [1.54, 1.807) is 0 Å². The Bertz CT molecular complexity index is 1750. The van der Waals surface area contributed by atoms with Gasteiger partial charge in [0.05, 0.1) is 0 Å². The van der Waals surface area contributed by atoms with Gasteiger partial charge in [0.1, 0.15) is 0 Å². The van der Waals surface area contributed by atoms with Crippen molar-refractivity contribution in [3.8, 4) is 0 Å². The first-order valence-electron chi connectivity index (χ1n) is 26.3. The molecule has 5 unspecified atom stereocenters. The van der Waals surface area contributed by atoms with Crippen LogP contribution in [-0.2, 0) is 16.5 Å². The zero-order valence-corrected chi connectivity index (χ0v) is 54.9. The van der Waals surface area contributed by atoms with Crippen LogP contribution in [0.5, 0.6) is 0 Å². The van der Waals surface area contributed by atoms with Crippen molar-refractivity contribution < 1.29 is 21.6 Å². The molecule has 1 N–H and O–H groups in total. The minimum Gasteiger partial charge on any atom is -0.456 e. The predicted molar refractivity (Wildman–Crippen MR) is 323 cm³/mol. The maximum absolute atomic E-state index is 8.85. The average Bonchev–Trinajstić information content (AvgIpc) is 3.24. The highest BCUT2D eigenvalue weighted by Crippen LogP contribution is 2.36. The minimum atomic E-state index is -2.29. The first-order valence-corrected chi connectivity index (χ1v) is 49.1. The fraction of sp³-hybridized carbons (Fsp3) is 0.636. The molecule has 0 heterocycles. The maximum atomic E-state index is 8.85. The van der Waals surface area contributed by atoms with Crippen LogP contribution in [0.4, 0.5) is 0 Å². The number of rotatable bonds is 30. The Morgan fingerprint density at radius 1 is 0.471 bits per heavy atom. The molecular weight excluding hydrogens is 969 g/mol. The summed E-state index contributed by atoms with van der Waals surface area (Å²) >= 11 is 2.10. The van der Waals surface area contributed by atoms with E-state index in [-0.39, 0.29) is 0 Å². The van der Waals surface area contributed by atoms with Gasteiger partial charge in [-0.2, -0.15) is 11.8 Å². The summed E-state index contributed by atoms with van der Waals surface area (Å²) in [6.45, 7) is 45.8. The van der Waals surface area contributed by atoms with Gasteiger partial charge in [-0.15, -0.1) is 6.58 Å². The molecule has 5 nitrogen and oxygen atoms in total. The second-order valence-corrected chi connectivity index (χ2v) is 54.9. The Morgan fingerprint density at radius 3 is 1.19 bits per heavy atom. The van der Waals surface area contributed by atoms with E-state index < -0.39 is 58.5 Å². The molecule has 0 aliphatic carbocycles. The molecule has 0 radical (unpaired) electrons. The molecule has 0 saturated heterocycles. The van der Waals surface area contributed by atoms with Gasteiger partial charge in [-0.25, -0.2) is 0 Å². The van der Waals surface area contributed by atoms with Crippen molar-refractivity contribution in [2.45, 2.75) is 206 Å². The van der Waals surface area contributed by atoms with E-state index in [0.717, 1.165) is 25.3 Å². The number of benzene rings is 3. The lowest BCUT2D eigenvalue weighted by Crippen LogP contribution is -2.52. The van der Waals surface area contributed by atoms with E-state index in [0.29, 0.717) is 24.4 Å². The largest absolute Gasteiger partial charge is 0.456 e. The molecule has 3 rings (SSSR count). The van der Waals surface area contributed by atoms with E-state index in [2.05, 4.69) is 228 Å². The van der Waals surface area contributed by atoms with Crippen LogP contribution in [0, 0.1) is 0 Å². The quantitative estimate of drug-likeness (QED) is 0.0530. The summed E-state index contributed by atoms with van der Waals surface area (Å²) in [6, 6.07) is 37.6.